The van der Waals surface area contributed by atoms with Gasteiger partial charge < -0.3 is 10.8 Å². The predicted molar refractivity (Wildman–Crippen MR) is 266 cm³/mol. The summed E-state index contributed by atoms with van der Waals surface area (Å²) in [5.74, 6) is -0.796. The number of hydrogen-bond acceptors (Lipinski definition) is 2. The average Bonchev–Trinajstić information content (AvgIpc) is 3.23. The number of nitrogens with two attached hydrogens (primary N) is 1. The van der Waals surface area contributed by atoms with Crippen molar-refractivity contribution in [3.8, 4) is 0 Å². The monoisotopic (exact) mass is 846 g/mol. The van der Waals surface area contributed by atoms with Crippen LogP contribution < -0.4 is 5.73 Å². The van der Waals surface area contributed by atoms with Gasteiger partial charge >= 0.3 is 5.97 Å². The van der Waals surface area contributed by atoms with Crippen molar-refractivity contribution in [3.05, 3.63) is 0 Å². The topological polar surface area (TPSA) is 80.4 Å². The summed E-state index contributed by atoms with van der Waals surface area (Å²) in [7, 11) is 0. The number of carboxylic acid groups (broad SMARTS) is 1. The van der Waals surface area contributed by atoms with Gasteiger partial charge in [-0.2, -0.15) is 0 Å². The minimum Gasteiger partial charge on any atom is -0.481 e. The molecule has 0 heterocycles. The fourth-order valence-corrected chi connectivity index (χ4v) is 9.41. The van der Waals surface area contributed by atoms with Crippen LogP contribution >= 0.6 is 0 Å². The van der Waals surface area contributed by atoms with Crippen LogP contribution in [0.5, 0.6) is 0 Å². The van der Waals surface area contributed by atoms with Gasteiger partial charge in [-0.3, -0.25) is 9.59 Å². The third-order valence-corrected chi connectivity index (χ3v) is 13.6. The molecular weight excluding hydrogens is 735 g/mol. The van der Waals surface area contributed by atoms with Gasteiger partial charge in [-0.15, -0.1) is 0 Å². The molecule has 0 rings (SSSR count). The van der Waals surface area contributed by atoms with Gasteiger partial charge in [0.25, 0.3) is 0 Å². The molecule has 60 heavy (non-hydrogen) atoms. The Morgan fingerprint density at radius 3 is 0.400 bits per heavy atom. The van der Waals surface area contributed by atoms with Crippen molar-refractivity contribution in [1.29, 1.82) is 0 Å². The quantitative estimate of drug-likeness (QED) is 0.0599. The molecule has 0 aliphatic rings. The molecule has 0 atom stereocenters. The second-order valence-electron chi connectivity index (χ2n) is 19.7. The summed E-state index contributed by atoms with van der Waals surface area (Å²) in [5.41, 5.74) is 5.19. The first-order valence-corrected chi connectivity index (χ1v) is 28.1. The van der Waals surface area contributed by atoms with Gasteiger partial charge in [-0.25, -0.2) is 0 Å². The van der Waals surface area contributed by atoms with Crippen LogP contribution in [0.25, 0.3) is 0 Å². The Morgan fingerprint density at radius 1 is 0.200 bits per heavy atom. The second kappa shape index (κ2) is 54.1. The number of rotatable bonds is 55. The van der Waals surface area contributed by atoms with E-state index in [0.717, 1.165) is 19.3 Å². The smallest absolute Gasteiger partial charge is 0.303 e. The highest BCUT2D eigenvalue weighted by Gasteiger charge is 2.01. The van der Waals surface area contributed by atoms with E-state index in [9.17, 15) is 9.59 Å². The predicted octanol–water partition coefficient (Wildman–Crippen LogP) is 19.6. The van der Waals surface area contributed by atoms with E-state index in [0.29, 0.717) is 12.8 Å². The molecule has 0 aliphatic carbocycles. The summed E-state index contributed by atoms with van der Waals surface area (Å²) in [6.07, 6.45) is 74.0. The van der Waals surface area contributed by atoms with E-state index in [1.54, 1.807) is 0 Å². The van der Waals surface area contributed by atoms with Crippen molar-refractivity contribution in [2.75, 3.05) is 0 Å². The maximum absolute atomic E-state index is 10.7. The third-order valence-electron chi connectivity index (χ3n) is 13.6. The van der Waals surface area contributed by atoms with E-state index < -0.39 is 5.97 Å². The van der Waals surface area contributed by atoms with Gasteiger partial charge in [0, 0.05) is 12.8 Å². The Bertz CT molecular complexity index is 748. The van der Waals surface area contributed by atoms with Crippen molar-refractivity contribution in [2.24, 2.45) is 5.73 Å². The molecule has 358 valence electrons. The Morgan fingerprint density at radius 2 is 0.300 bits per heavy atom. The van der Waals surface area contributed by atoms with Crippen LogP contribution in [0.4, 0.5) is 0 Å². The average molecular weight is 847 g/mol. The number of carboxylic acids is 1. The Kier molecular flexibility index (Phi) is 53.1. The maximum Gasteiger partial charge on any atom is 0.303 e. The minimum absolute atomic E-state index is 0.148. The molecule has 0 spiro atoms. The van der Waals surface area contributed by atoms with Gasteiger partial charge in [0.1, 0.15) is 0 Å². The van der Waals surface area contributed by atoms with Crippen LogP contribution in [0.3, 0.4) is 0 Å². The van der Waals surface area contributed by atoms with Crippen LogP contribution in [0.15, 0.2) is 0 Å². The fraction of sp³-hybridized carbons (Fsp3) is 0.964. The lowest BCUT2D eigenvalue weighted by molar-refractivity contribution is -0.137. The van der Waals surface area contributed by atoms with Crippen molar-refractivity contribution in [1.82, 2.24) is 0 Å². The Hall–Kier alpha value is -1.06. The first kappa shape index (κ1) is 58.9. The van der Waals surface area contributed by atoms with Gasteiger partial charge in [-0.1, -0.05) is 321 Å². The number of carbonyl (C=O) groups excluding carboxylic acids is 1. The van der Waals surface area contributed by atoms with E-state index in [1.165, 1.54) is 315 Å². The Labute approximate surface area is 377 Å². The third kappa shape index (κ3) is 56.9. The molecule has 1 amide bonds. The molecule has 0 aromatic heterocycles. The summed E-state index contributed by atoms with van der Waals surface area (Å²) >= 11 is 0. The number of primary amides is 1. The maximum atomic E-state index is 10.7. The summed E-state index contributed by atoms with van der Waals surface area (Å²) < 4.78 is 0. The second-order valence-corrected chi connectivity index (χ2v) is 19.7. The highest BCUT2D eigenvalue weighted by molar-refractivity contribution is 5.73. The van der Waals surface area contributed by atoms with Crippen molar-refractivity contribution in [3.63, 3.8) is 0 Å². The number of amides is 1. The molecular formula is C56H111NO3. The summed E-state index contributed by atoms with van der Waals surface area (Å²) in [6.45, 7) is 0. The first-order valence-electron chi connectivity index (χ1n) is 28.1. The lowest BCUT2D eigenvalue weighted by atomic mass is 10.0. The van der Waals surface area contributed by atoms with Crippen molar-refractivity contribution in [2.45, 2.75) is 347 Å². The Balaban J connectivity index is 3.07. The molecule has 0 aromatic carbocycles. The molecule has 3 N–H and O–H groups in total. The molecule has 0 saturated carbocycles. The van der Waals surface area contributed by atoms with Crippen molar-refractivity contribution < 1.29 is 14.7 Å². The molecule has 0 bridgehead atoms. The lowest BCUT2D eigenvalue weighted by Crippen LogP contribution is -2.09. The minimum atomic E-state index is -0.648. The number of carbonyl (C=O) groups is 2. The zero-order valence-corrected chi connectivity index (χ0v) is 41.0. The van der Waals surface area contributed by atoms with Crippen molar-refractivity contribution >= 4 is 11.9 Å². The van der Waals surface area contributed by atoms with Gasteiger partial charge in [-0.05, 0) is 12.8 Å². The molecule has 0 radical (unpaired) electrons. The van der Waals surface area contributed by atoms with Crippen LogP contribution in [-0.4, -0.2) is 17.0 Å². The van der Waals surface area contributed by atoms with Crippen LogP contribution in [0, 0.1) is 0 Å². The van der Waals surface area contributed by atoms with Crippen LogP contribution in [-0.2, 0) is 9.59 Å². The highest BCUT2D eigenvalue weighted by atomic mass is 16.4. The first-order chi connectivity index (χ1) is 29.6. The molecule has 4 nitrogen and oxygen atoms in total. The largest absolute Gasteiger partial charge is 0.481 e. The van der Waals surface area contributed by atoms with E-state index >= 15 is 0 Å². The normalized spacial score (nSPS) is 11.5. The van der Waals surface area contributed by atoms with E-state index in [1.807, 2.05) is 0 Å². The lowest BCUT2D eigenvalue weighted by Gasteiger charge is -2.05. The molecule has 0 saturated heterocycles. The molecule has 0 unspecified atom stereocenters. The van der Waals surface area contributed by atoms with Gasteiger partial charge in [0.05, 0.1) is 0 Å². The van der Waals surface area contributed by atoms with E-state index in [2.05, 4.69) is 0 Å². The summed E-state index contributed by atoms with van der Waals surface area (Å²) in [5, 5.41) is 8.67. The number of aliphatic carboxylic acids is 1. The number of hydrogen-bond donors (Lipinski definition) is 2. The van der Waals surface area contributed by atoms with E-state index in [-0.39, 0.29) is 5.91 Å². The molecule has 4 heteroatoms. The standard InChI is InChI=1S/C56H111NO3/c57-55(58)53-51-49-47-45-43-41-39-37-35-33-31-29-27-25-23-21-19-17-15-13-11-9-7-5-3-1-2-4-6-8-10-12-14-16-18-20-22-24-26-28-30-32-34-36-38-40-42-44-46-48-50-52-54-56(59)60/h1-54H2,(H2,57,58)(H,59,60). The fourth-order valence-electron chi connectivity index (χ4n) is 9.41. The van der Waals surface area contributed by atoms with Crippen LogP contribution in [0.1, 0.15) is 347 Å². The van der Waals surface area contributed by atoms with E-state index in [4.69, 9.17) is 10.8 Å². The molecule has 0 fully saturated rings. The van der Waals surface area contributed by atoms with Crippen LogP contribution in [0.2, 0.25) is 0 Å². The number of unbranched alkanes of at least 4 members (excludes halogenated alkanes) is 51. The molecule has 0 aromatic rings. The zero-order valence-electron chi connectivity index (χ0n) is 41.0. The molecule has 0 aliphatic heterocycles. The summed E-state index contributed by atoms with van der Waals surface area (Å²) in [6, 6.07) is 0. The van der Waals surface area contributed by atoms with Gasteiger partial charge in [0.2, 0.25) is 5.91 Å². The summed E-state index contributed by atoms with van der Waals surface area (Å²) in [4.78, 5) is 21.3. The SMILES string of the molecule is NC(=O)CCCCCCCCCCCCCCCCCCCCCCCCCCCCCCCCCCCCCCCCCCCCCCCCCCCCCCC(=O)O. The zero-order chi connectivity index (χ0) is 43.3. The van der Waals surface area contributed by atoms with Gasteiger partial charge in [0.15, 0.2) is 0 Å². The highest BCUT2D eigenvalue weighted by Crippen LogP contribution is 2.19.